The van der Waals surface area contributed by atoms with E-state index in [1.54, 1.807) is 13.8 Å². The fourth-order valence-electron chi connectivity index (χ4n) is 2.00. The van der Waals surface area contributed by atoms with E-state index in [1.807, 2.05) is 0 Å². The van der Waals surface area contributed by atoms with E-state index in [9.17, 15) is 9.59 Å². The Kier molecular flexibility index (Phi) is 10.2. The van der Waals surface area contributed by atoms with Crippen molar-refractivity contribution in [1.29, 1.82) is 0 Å². The molecule has 0 rings (SSSR count). The molecule has 0 aromatic rings. The lowest BCUT2D eigenvalue weighted by Crippen LogP contribution is -2.44. The van der Waals surface area contributed by atoms with Gasteiger partial charge in [0, 0.05) is 6.42 Å². The largest absolute Gasteiger partial charge is 0.480 e. The van der Waals surface area contributed by atoms with Gasteiger partial charge in [-0.15, -0.1) is 0 Å². The zero-order valence-electron chi connectivity index (χ0n) is 12.6. The minimum Gasteiger partial charge on any atom is -0.480 e. The van der Waals surface area contributed by atoms with Gasteiger partial charge in [-0.05, 0) is 12.3 Å². The van der Waals surface area contributed by atoms with Gasteiger partial charge in [0.1, 0.15) is 6.04 Å². The molecule has 112 valence electrons. The van der Waals surface area contributed by atoms with Crippen LogP contribution in [0, 0.1) is 5.92 Å². The molecule has 2 N–H and O–H groups in total. The van der Waals surface area contributed by atoms with Crippen molar-refractivity contribution in [3.8, 4) is 0 Å². The Morgan fingerprint density at radius 2 is 1.53 bits per heavy atom. The lowest BCUT2D eigenvalue weighted by Gasteiger charge is -2.17. The highest BCUT2D eigenvalue weighted by molar-refractivity contribution is 5.83. The van der Waals surface area contributed by atoms with Gasteiger partial charge in [0.05, 0.1) is 0 Å². The van der Waals surface area contributed by atoms with Crippen LogP contribution in [0.25, 0.3) is 0 Å². The third-order valence-corrected chi connectivity index (χ3v) is 3.26. The second-order valence-electron chi connectivity index (χ2n) is 5.50. The molecule has 0 aliphatic rings. The Morgan fingerprint density at radius 1 is 1.00 bits per heavy atom. The second kappa shape index (κ2) is 10.8. The average Bonchev–Trinajstić information content (AvgIpc) is 2.34. The summed E-state index contributed by atoms with van der Waals surface area (Å²) in [6.07, 6.45) is 8.54. The van der Waals surface area contributed by atoms with Crippen LogP contribution in [0.4, 0.5) is 0 Å². The standard InChI is InChI=1S/C15H29NO3/c1-4-5-6-7-8-9-10-11-13(17)16-14(12(2)3)15(18)19/h12,14H,4-11H2,1-3H3,(H,16,17)(H,18,19). The number of rotatable bonds is 11. The summed E-state index contributed by atoms with van der Waals surface area (Å²) < 4.78 is 0. The molecule has 0 radical (unpaired) electrons. The van der Waals surface area contributed by atoms with Gasteiger partial charge in [-0.25, -0.2) is 4.79 Å². The molecule has 0 aliphatic heterocycles. The first-order valence-corrected chi connectivity index (χ1v) is 7.51. The highest BCUT2D eigenvalue weighted by Crippen LogP contribution is 2.09. The van der Waals surface area contributed by atoms with Gasteiger partial charge < -0.3 is 10.4 Å². The normalized spacial score (nSPS) is 12.4. The fourth-order valence-corrected chi connectivity index (χ4v) is 2.00. The van der Waals surface area contributed by atoms with Crippen LogP contribution in [-0.2, 0) is 9.59 Å². The first-order valence-electron chi connectivity index (χ1n) is 7.51. The monoisotopic (exact) mass is 271 g/mol. The summed E-state index contributed by atoms with van der Waals surface area (Å²) in [6, 6.07) is -0.767. The molecular formula is C15H29NO3. The molecule has 0 bridgehead atoms. The molecule has 0 aromatic heterocycles. The van der Waals surface area contributed by atoms with Gasteiger partial charge in [-0.3, -0.25) is 4.79 Å². The Hall–Kier alpha value is -1.06. The Morgan fingerprint density at radius 3 is 2.00 bits per heavy atom. The summed E-state index contributed by atoms with van der Waals surface area (Å²) in [5, 5.41) is 11.6. The second-order valence-corrected chi connectivity index (χ2v) is 5.50. The number of amides is 1. The molecule has 0 spiro atoms. The van der Waals surface area contributed by atoms with Gasteiger partial charge in [0.25, 0.3) is 0 Å². The zero-order valence-corrected chi connectivity index (χ0v) is 12.6. The Balaban J connectivity index is 3.66. The topological polar surface area (TPSA) is 66.4 Å². The third kappa shape index (κ3) is 9.51. The third-order valence-electron chi connectivity index (χ3n) is 3.26. The van der Waals surface area contributed by atoms with Gasteiger partial charge >= 0.3 is 5.97 Å². The molecule has 0 saturated carbocycles. The maximum atomic E-state index is 11.6. The first-order chi connectivity index (χ1) is 8.99. The molecule has 1 atom stereocenters. The molecule has 1 unspecified atom stereocenters. The van der Waals surface area contributed by atoms with E-state index in [0.717, 1.165) is 12.8 Å². The molecule has 0 aromatic carbocycles. The van der Waals surface area contributed by atoms with Gasteiger partial charge in [0.15, 0.2) is 0 Å². The van der Waals surface area contributed by atoms with Crippen LogP contribution in [0.5, 0.6) is 0 Å². The van der Waals surface area contributed by atoms with E-state index in [1.165, 1.54) is 32.1 Å². The molecule has 0 heterocycles. The molecule has 0 fully saturated rings. The van der Waals surface area contributed by atoms with Crippen molar-refractivity contribution in [3.63, 3.8) is 0 Å². The van der Waals surface area contributed by atoms with E-state index in [2.05, 4.69) is 12.2 Å². The summed E-state index contributed by atoms with van der Waals surface area (Å²) in [7, 11) is 0. The van der Waals surface area contributed by atoms with Gasteiger partial charge in [0.2, 0.25) is 5.91 Å². The summed E-state index contributed by atoms with van der Waals surface area (Å²) >= 11 is 0. The van der Waals surface area contributed by atoms with Crippen LogP contribution in [0.15, 0.2) is 0 Å². The van der Waals surface area contributed by atoms with E-state index < -0.39 is 12.0 Å². The van der Waals surface area contributed by atoms with Crippen LogP contribution < -0.4 is 5.32 Å². The van der Waals surface area contributed by atoms with E-state index in [-0.39, 0.29) is 11.8 Å². The van der Waals surface area contributed by atoms with Crippen LogP contribution in [0.3, 0.4) is 0 Å². The van der Waals surface area contributed by atoms with Crippen molar-refractivity contribution < 1.29 is 14.7 Å². The summed E-state index contributed by atoms with van der Waals surface area (Å²) in [6.45, 7) is 5.79. The van der Waals surface area contributed by atoms with Crippen molar-refractivity contribution in [2.24, 2.45) is 5.92 Å². The Labute approximate surface area is 117 Å². The predicted octanol–water partition coefficient (Wildman–Crippen LogP) is 3.35. The minimum absolute atomic E-state index is 0.0875. The first kappa shape index (κ1) is 17.9. The summed E-state index contributed by atoms with van der Waals surface area (Å²) in [5.41, 5.74) is 0. The van der Waals surface area contributed by atoms with E-state index >= 15 is 0 Å². The number of carboxylic acid groups (broad SMARTS) is 1. The number of hydrogen-bond acceptors (Lipinski definition) is 2. The molecule has 0 saturated heterocycles. The maximum absolute atomic E-state index is 11.6. The highest BCUT2D eigenvalue weighted by Gasteiger charge is 2.22. The van der Waals surface area contributed by atoms with Crippen molar-refractivity contribution >= 4 is 11.9 Å². The molecule has 0 aliphatic carbocycles. The number of carbonyl (C=O) groups excluding carboxylic acids is 1. The average molecular weight is 271 g/mol. The van der Waals surface area contributed by atoms with Crippen LogP contribution in [0.1, 0.15) is 72.1 Å². The quantitative estimate of drug-likeness (QED) is 0.566. The molecule has 19 heavy (non-hydrogen) atoms. The number of nitrogens with one attached hydrogen (secondary N) is 1. The number of aliphatic carboxylic acids is 1. The molecular weight excluding hydrogens is 242 g/mol. The zero-order chi connectivity index (χ0) is 14.7. The number of unbranched alkanes of at least 4 members (excludes halogenated alkanes) is 6. The SMILES string of the molecule is CCCCCCCCCC(=O)NC(C(=O)O)C(C)C. The van der Waals surface area contributed by atoms with Crippen LogP contribution in [0.2, 0.25) is 0 Å². The Bertz CT molecular complexity index is 264. The number of carboxylic acids is 1. The van der Waals surface area contributed by atoms with Crippen LogP contribution >= 0.6 is 0 Å². The highest BCUT2D eigenvalue weighted by atomic mass is 16.4. The van der Waals surface area contributed by atoms with Gasteiger partial charge in [-0.2, -0.15) is 0 Å². The van der Waals surface area contributed by atoms with Gasteiger partial charge in [-0.1, -0.05) is 59.3 Å². The lowest BCUT2D eigenvalue weighted by molar-refractivity contribution is -0.143. The van der Waals surface area contributed by atoms with Crippen molar-refractivity contribution in [1.82, 2.24) is 5.32 Å². The van der Waals surface area contributed by atoms with Crippen molar-refractivity contribution in [3.05, 3.63) is 0 Å². The number of hydrogen-bond donors (Lipinski definition) is 2. The molecule has 1 amide bonds. The van der Waals surface area contributed by atoms with Crippen molar-refractivity contribution in [2.45, 2.75) is 78.2 Å². The number of carbonyl (C=O) groups is 2. The fraction of sp³-hybridized carbons (Fsp3) is 0.867. The molecule has 4 heteroatoms. The maximum Gasteiger partial charge on any atom is 0.326 e. The van der Waals surface area contributed by atoms with E-state index in [4.69, 9.17) is 5.11 Å². The predicted molar refractivity (Wildman–Crippen MR) is 77.0 cm³/mol. The summed E-state index contributed by atoms with van der Waals surface area (Å²) in [5.74, 6) is -1.19. The smallest absolute Gasteiger partial charge is 0.326 e. The van der Waals surface area contributed by atoms with Crippen LogP contribution in [-0.4, -0.2) is 23.0 Å². The van der Waals surface area contributed by atoms with Crippen molar-refractivity contribution in [2.75, 3.05) is 0 Å². The molecule has 4 nitrogen and oxygen atoms in total. The minimum atomic E-state index is -0.956. The van der Waals surface area contributed by atoms with E-state index in [0.29, 0.717) is 6.42 Å². The summed E-state index contributed by atoms with van der Waals surface area (Å²) in [4.78, 5) is 22.6. The lowest BCUT2D eigenvalue weighted by atomic mass is 10.0.